The van der Waals surface area contributed by atoms with Crippen molar-refractivity contribution in [3.63, 3.8) is 0 Å². The predicted molar refractivity (Wildman–Crippen MR) is 81.3 cm³/mol. The molecule has 2 aliphatic carbocycles. The van der Waals surface area contributed by atoms with Gasteiger partial charge in [-0.25, -0.2) is 0 Å². The smallest absolute Gasteiger partial charge is 0.0113 e. The standard InChI is InChI=1S/C17H32N2/c1-13-7-6-11-15(13)19-17-10-3-2-8-14(17)16-9-4-5-12-18-16/h13-19H,2-12H2,1H3. The lowest BCUT2D eigenvalue weighted by Crippen LogP contribution is -2.53. The van der Waals surface area contributed by atoms with E-state index in [1.165, 1.54) is 70.8 Å². The van der Waals surface area contributed by atoms with Crippen molar-refractivity contribution in [2.24, 2.45) is 11.8 Å². The summed E-state index contributed by atoms with van der Waals surface area (Å²) in [7, 11) is 0. The molecule has 1 saturated heterocycles. The minimum Gasteiger partial charge on any atom is -0.314 e. The van der Waals surface area contributed by atoms with Gasteiger partial charge in [0.1, 0.15) is 0 Å². The first-order chi connectivity index (χ1) is 9.34. The molecule has 2 saturated carbocycles. The molecule has 5 atom stereocenters. The molecule has 110 valence electrons. The molecule has 1 aliphatic heterocycles. The zero-order valence-electron chi connectivity index (χ0n) is 12.7. The highest BCUT2D eigenvalue weighted by Gasteiger charge is 2.35. The SMILES string of the molecule is CC1CCCC1NC1CCCCC1C1CCCCN1. The molecular formula is C17H32N2. The fourth-order valence-electron chi connectivity index (χ4n) is 4.76. The van der Waals surface area contributed by atoms with E-state index < -0.39 is 0 Å². The fraction of sp³-hybridized carbons (Fsp3) is 1.00. The third-order valence-corrected chi connectivity index (χ3v) is 5.97. The molecule has 3 rings (SSSR count). The summed E-state index contributed by atoms with van der Waals surface area (Å²) in [6.07, 6.45) is 14.3. The Hall–Kier alpha value is -0.0800. The zero-order valence-corrected chi connectivity index (χ0v) is 12.7. The Morgan fingerprint density at radius 1 is 0.789 bits per heavy atom. The molecule has 2 N–H and O–H groups in total. The molecule has 2 nitrogen and oxygen atoms in total. The molecule has 0 spiro atoms. The van der Waals surface area contributed by atoms with Gasteiger partial charge in [0.25, 0.3) is 0 Å². The second-order valence-electron chi connectivity index (χ2n) is 7.29. The minimum atomic E-state index is 0.801. The number of rotatable bonds is 3. The molecule has 0 aromatic rings. The van der Waals surface area contributed by atoms with E-state index in [9.17, 15) is 0 Å². The maximum Gasteiger partial charge on any atom is 0.0113 e. The van der Waals surface area contributed by atoms with Gasteiger partial charge in [0.05, 0.1) is 0 Å². The van der Waals surface area contributed by atoms with E-state index >= 15 is 0 Å². The van der Waals surface area contributed by atoms with E-state index in [0.717, 1.165) is 30.0 Å². The lowest BCUT2D eigenvalue weighted by atomic mass is 9.77. The molecule has 3 fully saturated rings. The van der Waals surface area contributed by atoms with Crippen LogP contribution in [0.15, 0.2) is 0 Å². The highest BCUT2D eigenvalue weighted by molar-refractivity contribution is 4.93. The summed E-state index contributed by atoms with van der Waals surface area (Å²) in [4.78, 5) is 0. The average Bonchev–Trinajstić information content (AvgIpc) is 2.86. The monoisotopic (exact) mass is 264 g/mol. The van der Waals surface area contributed by atoms with Crippen molar-refractivity contribution in [3.05, 3.63) is 0 Å². The number of hydrogen-bond acceptors (Lipinski definition) is 2. The van der Waals surface area contributed by atoms with Crippen LogP contribution in [0, 0.1) is 11.8 Å². The molecule has 0 amide bonds. The Kier molecular flexibility index (Phi) is 4.81. The molecular weight excluding hydrogens is 232 g/mol. The van der Waals surface area contributed by atoms with E-state index in [1.807, 2.05) is 0 Å². The Morgan fingerprint density at radius 3 is 2.32 bits per heavy atom. The van der Waals surface area contributed by atoms with E-state index in [1.54, 1.807) is 0 Å². The summed E-state index contributed by atoms with van der Waals surface area (Å²) >= 11 is 0. The summed E-state index contributed by atoms with van der Waals surface area (Å²) in [6.45, 7) is 3.70. The van der Waals surface area contributed by atoms with Gasteiger partial charge in [-0.1, -0.05) is 32.6 Å². The van der Waals surface area contributed by atoms with Gasteiger partial charge >= 0.3 is 0 Å². The molecule has 1 heterocycles. The van der Waals surface area contributed by atoms with Gasteiger partial charge in [-0.15, -0.1) is 0 Å². The molecule has 0 bridgehead atoms. The zero-order chi connectivity index (χ0) is 13.1. The van der Waals surface area contributed by atoms with Crippen molar-refractivity contribution < 1.29 is 0 Å². The van der Waals surface area contributed by atoms with Crippen LogP contribution in [0.2, 0.25) is 0 Å². The number of hydrogen-bond donors (Lipinski definition) is 2. The third kappa shape index (κ3) is 3.33. The van der Waals surface area contributed by atoms with Crippen molar-refractivity contribution in [3.8, 4) is 0 Å². The van der Waals surface area contributed by atoms with Gasteiger partial charge in [-0.3, -0.25) is 0 Å². The van der Waals surface area contributed by atoms with Crippen LogP contribution in [-0.2, 0) is 0 Å². The molecule has 0 aromatic carbocycles. The second-order valence-corrected chi connectivity index (χ2v) is 7.29. The molecule has 3 aliphatic rings. The number of piperidine rings is 1. The lowest BCUT2D eigenvalue weighted by Gasteiger charge is -2.41. The Bertz CT molecular complexity index is 272. The van der Waals surface area contributed by atoms with Gasteiger partial charge < -0.3 is 10.6 Å². The maximum atomic E-state index is 4.07. The predicted octanol–water partition coefficient (Wildman–Crippen LogP) is 3.47. The first-order valence-corrected chi connectivity index (χ1v) is 8.84. The first kappa shape index (κ1) is 13.9. The van der Waals surface area contributed by atoms with Crippen molar-refractivity contribution in [2.45, 2.75) is 89.3 Å². The summed E-state index contributed by atoms with van der Waals surface area (Å²) in [5, 5.41) is 7.89. The van der Waals surface area contributed by atoms with Gasteiger partial charge in [-0.2, -0.15) is 0 Å². The molecule has 5 unspecified atom stereocenters. The van der Waals surface area contributed by atoms with Crippen molar-refractivity contribution in [2.75, 3.05) is 6.54 Å². The van der Waals surface area contributed by atoms with Crippen LogP contribution in [0.1, 0.15) is 71.1 Å². The summed E-state index contributed by atoms with van der Waals surface area (Å²) < 4.78 is 0. The third-order valence-electron chi connectivity index (χ3n) is 5.97. The summed E-state index contributed by atoms with van der Waals surface area (Å²) in [6, 6.07) is 2.42. The van der Waals surface area contributed by atoms with Crippen LogP contribution >= 0.6 is 0 Å². The quantitative estimate of drug-likeness (QED) is 0.815. The highest BCUT2D eigenvalue weighted by atomic mass is 15.0. The maximum absolute atomic E-state index is 4.07. The lowest BCUT2D eigenvalue weighted by molar-refractivity contribution is 0.166. The average molecular weight is 264 g/mol. The summed E-state index contributed by atoms with van der Waals surface area (Å²) in [5.74, 6) is 1.81. The van der Waals surface area contributed by atoms with Crippen LogP contribution in [0.3, 0.4) is 0 Å². The molecule has 19 heavy (non-hydrogen) atoms. The molecule has 2 heteroatoms. The Labute approximate surface area is 119 Å². The molecule has 0 aromatic heterocycles. The van der Waals surface area contributed by atoms with E-state index in [4.69, 9.17) is 0 Å². The Balaban J connectivity index is 1.59. The van der Waals surface area contributed by atoms with Crippen molar-refractivity contribution in [1.82, 2.24) is 10.6 Å². The van der Waals surface area contributed by atoms with Gasteiger partial charge in [0, 0.05) is 18.1 Å². The highest BCUT2D eigenvalue weighted by Crippen LogP contribution is 2.33. The van der Waals surface area contributed by atoms with E-state index in [0.29, 0.717) is 0 Å². The van der Waals surface area contributed by atoms with Gasteiger partial charge in [0.2, 0.25) is 0 Å². The fourth-order valence-corrected chi connectivity index (χ4v) is 4.76. The second kappa shape index (κ2) is 6.58. The topological polar surface area (TPSA) is 24.1 Å². The van der Waals surface area contributed by atoms with Crippen LogP contribution < -0.4 is 10.6 Å². The van der Waals surface area contributed by atoms with Crippen LogP contribution in [-0.4, -0.2) is 24.7 Å². The van der Waals surface area contributed by atoms with Gasteiger partial charge in [-0.05, 0) is 56.9 Å². The first-order valence-electron chi connectivity index (χ1n) is 8.84. The largest absolute Gasteiger partial charge is 0.314 e. The molecule has 0 radical (unpaired) electrons. The number of nitrogens with one attached hydrogen (secondary N) is 2. The minimum absolute atomic E-state index is 0.801. The van der Waals surface area contributed by atoms with E-state index in [2.05, 4.69) is 17.6 Å². The van der Waals surface area contributed by atoms with Crippen molar-refractivity contribution in [1.29, 1.82) is 0 Å². The van der Waals surface area contributed by atoms with E-state index in [-0.39, 0.29) is 0 Å². The normalized spacial score (nSPS) is 44.4. The van der Waals surface area contributed by atoms with Gasteiger partial charge in [0.15, 0.2) is 0 Å². The summed E-state index contributed by atoms with van der Waals surface area (Å²) in [5.41, 5.74) is 0. The van der Waals surface area contributed by atoms with Crippen molar-refractivity contribution >= 4 is 0 Å². The van der Waals surface area contributed by atoms with Crippen LogP contribution in [0.5, 0.6) is 0 Å². The van der Waals surface area contributed by atoms with Crippen LogP contribution in [0.4, 0.5) is 0 Å². The van der Waals surface area contributed by atoms with Crippen LogP contribution in [0.25, 0.3) is 0 Å². The Morgan fingerprint density at radius 2 is 1.58 bits per heavy atom.